The van der Waals surface area contributed by atoms with E-state index in [4.69, 9.17) is 0 Å². The molecule has 1 heteroatoms. The van der Waals surface area contributed by atoms with Crippen LogP contribution in [0.15, 0.2) is 20.5 Å². The topological polar surface area (TPSA) is 0 Å². The number of allylic oxidation sites excluding steroid dienone is 4. The molecule has 0 heterocycles. The van der Waals surface area contributed by atoms with Crippen LogP contribution in [-0.2, 0) is 0 Å². The Morgan fingerprint density at radius 1 is 1.33 bits per heavy atom. The predicted octanol–water partition coefficient (Wildman–Crippen LogP) is 3.34. The van der Waals surface area contributed by atoms with Crippen molar-refractivity contribution in [2.45, 2.75) is 45.4 Å². The van der Waals surface area contributed by atoms with Crippen LogP contribution in [0.4, 0.5) is 0 Å². The normalized spacial score (nSPS) is 16.2. The van der Waals surface area contributed by atoms with Crippen LogP contribution in [0.5, 0.6) is 0 Å². The van der Waals surface area contributed by atoms with Gasteiger partial charge in [-0.2, -0.15) is 0 Å². The summed E-state index contributed by atoms with van der Waals surface area (Å²) in [5.41, 5.74) is 1.73. The quantitative estimate of drug-likeness (QED) is 0.440. The van der Waals surface area contributed by atoms with Crippen LogP contribution < -0.4 is 0 Å². The summed E-state index contributed by atoms with van der Waals surface area (Å²) in [4.78, 5) is 0. The van der Waals surface area contributed by atoms with Crippen molar-refractivity contribution < 1.29 is 0 Å². The van der Waals surface area contributed by atoms with E-state index in [1.54, 1.807) is 8.40 Å². The molecule has 0 aliphatic heterocycles. The zero-order valence-corrected chi connectivity index (χ0v) is 10.4. The van der Waals surface area contributed by atoms with Crippen molar-refractivity contribution in [3.05, 3.63) is 20.5 Å². The van der Waals surface area contributed by atoms with E-state index < -0.39 is 0 Å². The van der Waals surface area contributed by atoms with Crippen LogP contribution in [0.1, 0.15) is 45.4 Å². The van der Waals surface area contributed by atoms with Gasteiger partial charge < -0.3 is 0 Å². The van der Waals surface area contributed by atoms with E-state index in [0.29, 0.717) is 0 Å². The zero-order chi connectivity index (χ0) is 8.81. The zero-order valence-electron chi connectivity index (χ0n) is 8.40. The Labute approximate surface area is 93.5 Å². The molecule has 0 atom stereocenters. The van der Waals surface area contributed by atoms with Gasteiger partial charge in [0.2, 0.25) is 0 Å². The van der Waals surface area contributed by atoms with Crippen LogP contribution in [0.25, 0.3) is 0 Å². The second kappa shape index (κ2) is 6.01. The summed E-state index contributed by atoms with van der Waals surface area (Å²) in [7, 11) is 0. The maximum atomic E-state index is 2.32. The van der Waals surface area contributed by atoms with Crippen molar-refractivity contribution in [2.75, 3.05) is 0 Å². The van der Waals surface area contributed by atoms with E-state index >= 15 is 0 Å². The van der Waals surface area contributed by atoms with E-state index in [1.807, 2.05) is 0 Å². The minimum absolute atomic E-state index is 1.25. The van der Waals surface area contributed by atoms with Crippen molar-refractivity contribution in [3.8, 4) is 0 Å². The third-order valence-corrected chi connectivity index (χ3v) is 3.66. The molecule has 0 aromatic rings. The van der Waals surface area contributed by atoms with Gasteiger partial charge in [0.15, 0.2) is 0 Å². The molecule has 1 aliphatic rings. The predicted molar refractivity (Wildman–Crippen MR) is 55.3 cm³/mol. The monoisotopic (exact) mass is 172 g/mol. The SMILES string of the molecule is CCCCCCC1=[C]([Na])C=CC1. The van der Waals surface area contributed by atoms with Gasteiger partial charge in [0.25, 0.3) is 0 Å². The van der Waals surface area contributed by atoms with Crippen LogP contribution in [-0.4, -0.2) is 27.9 Å². The van der Waals surface area contributed by atoms with E-state index in [1.165, 1.54) is 66.5 Å². The molecule has 0 bridgehead atoms. The third-order valence-electron chi connectivity index (χ3n) is 2.62. The third kappa shape index (κ3) is 3.47. The van der Waals surface area contributed by atoms with Gasteiger partial charge in [0.05, 0.1) is 0 Å². The Balaban J connectivity index is 2.12. The molecule has 0 amide bonds. The van der Waals surface area contributed by atoms with Gasteiger partial charge in [-0.15, -0.1) is 0 Å². The molecule has 1 rings (SSSR count). The van der Waals surface area contributed by atoms with Gasteiger partial charge in [-0.1, -0.05) is 0 Å². The Kier molecular flexibility index (Phi) is 5.29. The van der Waals surface area contributed by atoms with Crippen molar-refractivity contribution in [1.29, 1.82) is 0 Å². The Morgan fingerprint density at radius 2 is 2.17 bits per heavy atom. The van der Waals surface area contributed by atoms with Gasteiger partial charge >= 0.3 is 93.9 Å². The van der Waals surface area contributed by atoms with Crippen molar-refractivity contribution in [2.24, 2.45) is 0 Å². The molecular weight excluding hydrogens is 155 g/mol. The second-order valence-corrected chi connectivity index (χ2v) is 4.78. The molecule has 1 aliphatic carbocycles. The average molecular weight is 172 g/mol. The first-order valence-corrected chi connectivity index (χ1v) is 6.19. The Morgan fingerprint density at radius 3 is 2.75 bits per heavy atom. The maximum absolute atomic E-state index is 2.32. The summed E-state index contributed by atoms with van der Waals surface area (Å²) in [5.74, 6) is 0. The number of unbranched alkanes of at least 4 members (excludes halogenated alkanes) is 3. The molecule has 0 aromatic carbocycles. The van der Waals surface area contributed by atoms with Crippen molar-refractivity contribution in [1.82, 2.24) is 0 Å². The van der Waals surface area contributed by atoms with E-state index in [0.717, 1.165) is 0 Å². The summed E-state index contributed by atoms with van der Waals surface area (Å²) in [6.07, 6.45) is 12.9. The molecule has 0 N–H and O–H groups in total. The fourth-order valence-electron chi connectivity index (χ4n) is 1.72. The molecule has 0 fully saturated rings. The molecule has 62 valence electrons. The van der Waals surface area contributed by atoms with Crippen LogP contribution in [0.3, 0.4) is 0 Å². The number of hydrogen-bond acceptors (Lipinski definition) is 0. The first-order chi connectivity index (χ1) is 5.84. The molecule has 0 spiro atoms. The van der Waals surface area contributed by atoms with Gasteiger partial charge in [-0.3, -0.25) is 0 Å². The first-order valence-electron chi connectivity index (χ1n) is 5.19. The summed E-state index contributed by atoms with van der Waals surface area (Å²) < 4.78 is 1.66. The van der Waals surface area contributed by atoms with Gasteiger partial charge in [-0.05, 0) is 0 Å². The Bertz CT molecular complexity index is 189. The van der Waals surface area contributed by atoms with Gasteiger partial charge in [0.1, 0.15) is 0 Å². The molecule has 0 radical (unpaired) electrons. The molecule has 0 aromatic heterocycles. The average Bonchev–Trinajstić information content (AvgIpc) is 2.46. The van der Waals surface area contributed by atoms with Crippen molar-refractivity contribution >= 4 is 27.9 Å². The molecule has 0 nitrogen and oxygen atoms in total. The Hall–Kier alpha value is 0.480. The molecule has 12 heavy (non-hydrogen) atoms. The fraction of sp³-hybridized carbons (Fsp3) is 0.636. The molecule has 0 saturated heterocycles. The van der Waals surface area contributed by atoms with Crippen molar-refractivity contribution in [3.63, 3.8) is 0 Å². The summed E-state index contributed by atoms with van der Waals surface area (Å²) in [6, 6.07) is 0. The van der Waals surface area contributed by atoms with E-state index in [9.17, 15) is 0 Å². The molecule has 0 unspecified atom stereocenters. The molecular formula is C11H17Na. The van der Waals surface area contributed by atoms with Crippen LogP contribution in [0, 0.1) is 0 Å². The summed E-state index contributed by atoms with van der Waals surface area (Å²) >= 11 is 1.25. The molecule has 0 saturated carbocycles. The van der Waals surface area contributed by atoms with E-state index in [2.05, 4.69) is 19.1 Å². The summed E-state index contributed by atoms with van der Waals surface area (Å²) in [6.45, 7) is 2.27. The fourth-order valence-corrected chi connectivity index (χ4v) is 2.41. The van der Waals surface area contributed by atoms with Crippen LogP contribution >= 0.6 is 0 Å². The summed E-state index contributed by atoms with van der Waals surface area (Å²) in [5, 5.41) is 0. The van der Waals surface area contributed by atoms with Gasteiger partial charge in [-0.25, -0.2) is 0 Å². The van der Waals surface area contributed by atoms with Crippen LogP contribution in [0.2, 0.25) is 0 Å². The van der Waals surface area contributed by atoms with Gasteiger partial charge in [0, 0.05) is 0 Å². The van der Waals surface area contributed by atoms with E-state index in [-0.39, 0.29) is 0 Å². The number of rotatable bonds is 5. The minimum atomic E-state index is 1.25. The first kappa shape index (κ1) is 10.6. The second-order valence-electron chi connectivity index (χ2n) is 3.70. The number of hydrogen-bond donors (Lipinski definition) is 0. The standard InChI is InChI=1S/C11H17.Na/c1-2-3-4-5-8-11-9-6-7-10-11;/h6-7H,2-5,8-9H2,1H3;.